The minimum atomic E-state index is -5.08. The van der Waals surface area contributed by atoms with E-state index in [1.165, 1.54) is 17.5 Å². The normalized spacial score (nSPS) is 18.7. The molecule has 0 aromatic carbocycles. The second-order valence-corrected chi connectivity index (χ2v) is 9.69. The predicted molar refractivity (Wildman–Crippen MR) is 125 cm³/mol. The third-order valence-corrected chi connectivity index (χ3v) is 6.96. The number of aliphatic carboxylic acids is 1. The van der Waals surface area contributed by atoms with Crippen LogP contribution in [0.4, 0.5) is 13.2 Å². The lowest BCUT2D eigenvalue weighted by Gasteiger charge is -2.33. The summed E-state index contributed by atoms with van der Waals surface area (Å²) in [6.45, 7) is 2.21. The summed E-state index contributed by atoms with van der Waals surface area (Å²) in [4.78, 5) is 38.0. The van der Waals surface area contributed by atoms with Crippen molar-refractivity contribution >= 4 is 38.9 Å². The number of nitrogens with one attached hydrogen (secondary N) is 1. The van der Waals surface area contributed by atoms with Crippen molar-refractivity contribution in [3.63, 3.8) is 0 Å². The van der Waals surface area contributed by atoms with E-state index in [1.807, 2.05) is 21.9 Å². The zero-order valence-corrected chi connectivity index (χ0v) is 20.3. The van der Waals surface area contributed by atoms with Crippen molar-refractivity contribution in [1.82, 2.24) is 24.4 Å². The van der Waals surface area contributed by atoms with Gasteiger partial charge < -0.3 is 15.2 Å². The Labute approximate surface area is 207 Å². The first-order chi connectivity index (χ1) is 17.1. The molecule has 5 rings (SSSR count). The van der Waals surface area contributed by atoms with Crippen LogP contribution in [0.3, 0.4) is 0 Å². The van der Waals surface area contributed by atoms with Gasteiger partial charge in [0.2, 0.25) is 5.91 Å². The minimum Gasteiger partial charge on any atom is -0.475 e. The number of hydrogen-bond donors (Lipinski definition) is 2. The molecule has 1 amide bonds. The third-order valence-electron chi connectivity index (χ3n) is 6.05. The maximum absolute atomic E-state index is 13.0. The van der Waals surface area contributed by atoms with E-state index in [4.69, 9.17) is 14.6 Å². The summed E-state index contributed by atoms with van der Waals surface area (Å²) >= 11 is 1.56. The molecule has 10 nitrogen and oxygen atoms in total. The summed E-state index contributed by atoms with van der Waals surface area (Å²) in [6.07, 6.45) is -0.446. The largest absolute Gasteiger partial charge is 0.490 e. The smallest absolute Gasteiger partial charge is 0.475 e. The summed E-state index contributed by atoms with van der Waals surface area (Å²) in [5, 5.41) is 17.7. The monoisotopic (exact) mass is 529 g/mol. The number of rotatable bonds is 6. The maximum atomic E-state index is 13.0. The Morgan fingerprint density at radius 2 is 2.03 bits per heavy atom. The van der Waals surface area contributed by atoms with Gasteiger partial charge in [-0.05, 0) is 49.7 Å². The lowest BCUT2D eigenvalue weighted by atomic mass is 10.1. The average molecular weight is 530 g/mol. The molecule has 1 saturated heterocycles. The van der Waals surface area contributed by atoms with E-state index in [9.17, 15) is 22.8 Å². The third kappa shape index (κ3) is 5.87. The Balaban J connectivity index is 0.000000384. The van der Waals surface area contributed by atoms with Gasteiger partial charge in [0.05, 0.1) is 0 Å². The molecule has 14 heteroatoms. The Morgan fingerprint density at radius 3 is 2.67 bits per heavy atom. The Morgan fingerprint density at radius 1 is 1.31 bits per heavy atom. The van der Waals surface area contributed by atoms with E-state index in [0.717, 1.165) is 36.1 Å². The number of amides is 1. The van der Waals surface area contributed by atoms with E-state index in [-0.39, 0.29) is 30.7 Å². The molecular weight excluding hydrogens is 503 g/mol. The summed E-state index contributed by atoms with van der Waals surface area (Å²) in [5.41, 5.74) is 0.269. The number of likely N-dealkylation sites (tertiary alicyclic amines) is 1. The first kappa shape index (κ1) is 26.1. The molecule has 0 unspecified atom stereocenters. The molecule has 2 aliphatic rings. The molecule has 36 heavy (non-hydrogen) atoms. The average Bonchev–Trinajstić information content (AvgIpc) is 3.45. The Hall–Kier alpha value is -2.97. The van der Waals surface area contributed by atoms with Gasteiger partial charge in [-0.25, -0.2) is 9.48 Å². The highest BCUT2D eigenvalue weighted by molar-refractivity contribution is 7.16. The van der Waals surface area contributed by atoms with Crippen LogP contribution in [0.25, 0.3) is 15.7 Å². The zero-order valence-electron chi connectivity index (χ0n) is 19.5. The molecular formula is C22H26F3N5O5S. The number of hydrogen-bond acceptors (Lipinski definition) is 7. The zero-order chi connectivity index (χ0) is 26.0. The number of carbonyl (C=O) groups is 2. The van der Waals surface area contributed by atoms with Gasteiger partial charge in [0.25, 0.3) is 5.56 Å². The van der Waals surface area contributed by atoms with Gasteiger partial charge in [0.15, 0.2) is 5.82 Å². The molecule has 3 aromatic heterocycles. The molecule has 4 heterocycles. The van der Waals surface area contributed by atoms with Crippen molar-refractivity contribution in [3.05, 3.63) is 33.7 Å². The van der Waals surface area contributed by atoms with Crippen molar-refractivity contribution in [2.45, 2.75) is 57.1 Å². The number of carboxylic acid groups (broad SMARTS) is 1. The molecule has 1 aliphatic heterocycles. The SMILES string of the molecule is COCc1nn(CC(=O)N[C@@H]2CCCN(C3CC3)C2)c(=O)c2cc3ccsc3n12.O=C(O)C(F)(F)F. The van der Waals surface area contributed by atoms with E-state index in [1.54, 1.807) is 18.4 Å². The molecule has 1 saturated carbocycles. The van der Waals surface area contributed by atoms with Crippen LogP contribution < -0.4 is 10.9 Å². The van der Waals surface area contributed by atoms with Crippen molar-refractivity contribution < 1.29 is 32.6 Å². The molecule has 2 fully saturated rings. The van der Waals surface area contributed by atoms with Crippen molar-refractivity contribution in [2.75, 3.05) is 20.2 Å². The number of halogens is 3. The minimum absolute atomic E-state index is 0.0786. The standard InChI is InChI=1S/C20H25N5O3S.C2HF3O2/c1-28-12-17-22-24(19(27)16-9-13-6-8-29-20(13)25(16)17)11-18(26)21-14-3-2-7-23(10-14)15-4-5-15;3-2(4,5)1(6)7/h6,8-9,14-15H,2-5,7,10-12H2,1H3,(H,21,26);(H,6,7)/t14-;/m1./s1. The van der Waals surface area contributed by atoms with E-state index in [0.29, 0.717) is 17.4 Å². The number of nitrogens with zero attached hydrogens (tertiary/aromatic N) is 4. The summed E-state index contributed by atoms with van der Waals surface area (Å²) in [7, 11) is 1.60. The molecule has 0 spiro atoms. The van der Waals surface area contributed by atoms with E-state index in [2.05, 4.69) is 15.3 Å². The van der Waals surface area contributed by atoms with E-state index >= 15 is 0 Å². The molecule has 1 atom stereocenters. The number of carboxylic acids is 1. The number of methoxy groups -OCH3 is 1. The highest BCUT2D eigenvalue weighted by atomic mass is 32.1. The van der Waals surface area contributed by atoms with E-state index < -0.39 is 12.1 Å². The highest BCUT2D eigenvalue weighted by Crippen LogP contribution is 2.29. The van der Waals surface area contributed by atoms with Gasteiger partial charge in [-0.3, -0.25) is 18.9 Å². The number of carbonyl (C=O) groups excluding carboxylic acids is 1. The van der Waals surface area contributed by atoms with Crippen LogP contribution in [0.1, 0.15) is 31.5 Å². The van der Waals surface area contributed by atoms with Crippen molar-refractivity contribution in [2.24, 2.45) is 0 Å². The van der Waals surface area contributed by atoms with Gasteiger partial charge in [-0.1, -0.05) is 0 Å². The lowest BCUT2D eigenvalue weighted by molar-refractivity contribution is -0.192. The van der Waals surface area contributed by atoms with Gasteiger partial charge >= 0.3 is 12.1 Å². The summed E-state index contributed by atoms with van der Waals surface area (Å²) in [5.74, 6) is -2.30. The summed E-state index contributed by atoms with van der Waals surface area (Å²) in [6, 6.07) is 4.70. The van der Waals surface area contributed by atoms with Gasteiger partial charge in [-0.2, -0.15) is 18.3 Å². The predicted octanol–water partition coefficient (Wildman–Crippen LogP) is 2.23. The number of thiophene rings is 1. The maximum Gasteiger partial charge on any atom is 0.490 e. The number of piperidine rings is 1. The quantitative estimate of drug-likeness (QED) is 0.503. The molecule has 2 N–H and O–H groups in total. The number of aromatic nitrogens is 3. The van der Waals surface area contributed by atoms with Crippen LogP contribution in [-0.2, 0) is 27.5 Å². The fourth-order valence-electron chi connectivity index (χ4n) is 4.33. The Bertz CT molecular complexity index is 1310. The van der Waals surface area contributed by atoms with Crippen molar-refractivity contribution in [3.8, 4) is 0 Å². The molecule has 3 aromatic rings. The Kier molecular flexibility index (Phi) is 7.66. The van der Waals surface area contributed by atoms with Crippen molar-refractivity contribution in [1.29, 1.82) is 0 Å². The number of fused-ring (bicyclic) bond motifs is 3. The number of alkyl halides is 3. The van der Waals surface area contributed by atoms with Crippen LogP contribution >= 0.6 is 11.3 Å². The number of ether oxygens (including phenoxy) is 1. The second-order valence-electron chi connectivity index (χ2n) is 8.79. The van der Waals surface area contributed by atoms with Gasteiger partial charge in [0.1, 0.15) is 23.5 Å². The van der Waals surface area contributed by atoms with Crippen LogP contribution in [0.5, 0.6) is 0 Å². The molecule has 196 valence electrons. The van der Waals surface area contributed by atoms with Gasteiger partial charge in [0, 0.05) is 31.1 Å². The topological polar surface area (TPSA) is 118 Å². The van der Waals surface area contributed by atoms with Crippen LogP contribution in [0, 0.1) is 0 Å². The summed E-state index contributed by atoms with van der Waals surface area (Å²) < 4.78 is 40.1. The van der Waals surface area contributed by atoms with Gasteiger partial charge in [-0.15, -0.1) is 11.3 Å². The lowest BCUT2D eigenvalue weighted by Crippen LogP contribution is -2.49. The second kappa shape index (κ2) is 10.6. The first-order valence-corrected chi connectivity index (χ1v) is 12.3. The van der Waals surface area contributed by atoms with Crippen LogP contribution in [0.2, 0.25) is 0 Å². The fraction of sp³-hybridized carbons (Fsp3) is 0.545. The molecule has 0 radical (unpaired) electrons. The first-order valence-electron chi connectivity index (χ1n) is 11.4. The molecule has 0 bridgehead atoms. The molecule has 1 aliphatic carbocycles. The highest BCUT2D eigenvalue weighted by Gasteiger charge is 2.38. The van der Waals surface area contributed by atoms with Crippen LogP contribution in [0.15, 0.2) is 22.3 Å². The fourth-order valence-corrected chi connectivity index (χ4v) is 5.25. The van der Waals surface area contributed by atoms with Crippen LogP contribution in [-0.4, -0.2) is 74.5 Å².